The molecule has 8 nitrogen and oxygen atoms in total. The highest BCUT2D eigenvalue weighted by atomic mass is 35.5. The van der Waals surface area contributed by atoms with Crippen LogP contribution < -0.4 is 16.0 Å². The van der Waals surface area contributed by atoms with Gasteiger partial charge in [0.05, 0.1) is 15.8 Å². The first-order chi connectivity index (χ1) is 25.7. The second-order valence-electron chi connectivity index (χ2n) is 12.3. The topological polar surface area (TPSA) is 114 Å². The van der Waals surface area contributed by atoms with Gasteiger partial charge in [-0.05, 0) is 72.5 Å². The molecule has 268 valence electrons. The lowest BCUT2D eigenvalue weighted by Gasteiger charge is -2.26. The van der Waals surface area contributed by atoms with Gasteiger partial charge in [-0.1, -0.05) is 79.2 Å². The molecule has 0 radical (unpaired) electrons. The Morgan fingerprint density at radius 1 is 1.00 bits per heavy atom. The standard InChI is InChI=1S/C41H35ClFN5O3S2/c1-2-36(40(51)47-41-32(23-44)30-19-20-48(25-37(30)53-41)24-26-11-5-3-6-12-26)52-29-16-9-15-28(21-29)45-39(50)35(22-31-33(42)17-10-18-34(31)43)46-38(49)27-13-7-4-8-14-27/h3-18,21-22,36H,2,19-20,24-25H2,1H3,(H,45,50)(H,46,49)(H,47,51)/b35-22+. The first-order valence-electron chi connectivity index (χ1n) is 16.9. The van der Waals surface area contributed by atoms with E-state index in [1.54, 1.807) is 48.5 Å². The second-order valence-corrected chi connectivity index (χ2v) is 15.1. The molecule has 0 fully saturated rings. The van der Waals surface area contributed by atoms with E-state index in [2.05, 4.69) is 39.1 Å². The van der Waals surface area contributed by atoms with Gasteiger partial charge < -0.3 is 16.0 Å². The molecule has 0 saturated heterocycles. The summed E-state index contributed by atoms with van der Waals surface area (Å²) in [7, 11) is 0. The summed E-state index contributed by atoms with van der Waals surface area (Å²) < 4.78 is 14.7. The third-order valence-electron chi connectivity index (χ3n) is 8.58. The van der Waals surface area contributed by atoms with Crippen LogP contribution in [0.2, 0.25) is 5.02 Å². The van der Waals surface area contributed by atoms with E-state index in [0.29, 0.717) is 39.7 Å². The van der Waals surface area contributed by atoms with Crippen LogP contribution in [0.1, 0.15) is 50.8 Å². The minimum absolute atomic E-state index is 0.0514. The lowest BCUT2D eigenvalue weighted by molar-refractivity contribution is -0.116. The molecule has 0 aliphatic carbocycles. The zero-order valence-electron chi connectivity index (χ0n) is 28.7. The molecule has 1 aliphatic rings. The SMILES string of the molecule is CCC(Sc1cccc(NC(=O)/C(=C\c2c(F)cccc2Cl)NC(=O)c2ccccc2)c1)C(=O)Nc1sc2c(c1C#N)CCN(Cc1ccccc1)C2. The summed E-state index contributed by atoms with van der Waals surface area (Å²) in [4.78, 5) is 44.4. The fourth-order valence-electron chi connectivity index (χ4n) is 5.90. The Morgan fingerprint density at radius 2 is 1.74 bits per heavy atom. The molecule has 4 aromatic carbocycles. The van der Waals surface area contributed by atoms with Crippen LogP contribution in [0.15, 0.2) is 114 Å². The Hall–Kier alpha value is -5.25. The summed E-state index contributed by atoms with van der Waals surface area (Å²) in [5.74, 6) is -2.14. The molecule has 3 N–H and O–H groups in total. The molecular formula is C41H35ClFN5O3S2. The molecule has 1 unspecified atom stereocenters. The fraction of sp³-hybridized carbons (Fsp3) is 0.171. The molecular weight excluding hydrogens is 729 g/mol. The average molecular weight is 764 g/mol. The number of carbonyl (C=O) groups is 3. The maximum Gasteiger partial charge on any atom is 0.272 e. The van der Waals surface area contributed by atoms with E-state index in [1.807, 2.05) is 31.2 Å². The van der Waals surface area contributed by atoms with Gasteiger partial charge in [0, 0.05) is 46.2 Å². The van der Waals surface area contributed by atoms with E-state index in [-0.39, 0.29) is 22.2 Å². The number of nitrogens with zero attached hydrogens (tertiary/aromatic N) is 2. The number of benzene rings is 4. The molecule has 0 saturated carbocycles. The summed E-state index contributed by atoms with van der Waals surface area (Å²) in [5.41, 5.74) is 3.20. The van der Waals surface area contributed by atoms with E-state index in [0.717, 1.165) is 30.0 Å². The zero-order chi connectivity index (χ0) is 37.3. The van der Waals surface area contributed by atoms with Gasteiger partial charge in [-0.2, -0.15) is 5.26 Å². The smallest absolute Gasteiger partial charge is 0.272 e. The van der Waals surface area contributed by atoms with Gasteiger partial charge in [0.1, 0.15) is 22.6 Å². The molecule has 1 atom stereocenters. The third kappa shape index (κ3) is 9.41. The predicted octanol–water partition coefficient (Wildman–Crippen LogP) is 8.89. The third-order valence-corrected chi connectivity index (χ3v) is 11.4. The normalized spacial score (nSPS) is 13.4. The fourth-order valence-corrected chi connectivity index (χ4v) is 8.37. The van der Waals surface area contributed by atoms with Crippen molar-refractivity contribution in [2.45, 2.75) is 43.0 Å². The first-order valence-corrected chi connectivity index (χ1v) is 19.0. The van der Waals surface area contributed by atoms with Gasteiger partial charge in [-0.15, -0.1) is 23.1 Å². The summed E-state index contributed by atoms with van der Waals surface area (Å²) in [5, 5.41) is 18.6. The summed E-state index contributed by atoms with van der Waals surface area (Å²) in [6, 6.07) is 32.0. The van der Waals surface area contributed by atoms with Crippen LogP contribution in [0.5, 0.6) is 0 Å². The summed E-state index contributed by atoms with van der Waals surface area (Å²) in [6.07, 6.45) is 2.44. The molecule has 2 heterocycles. The average Bonchev–Trinajstić information content (AvgIpc) is 3.51. The van der Waals surface area contributed by atoms with Crippen molar-refractivity contribution in [2.24, 2.45) is 0 Å². The van der Waals surface area contributed by atoms with Crippen molar-refractivity contribution < 1.29 is 18.8 Å². The van der Waals surface area contributed by atoms with Gasteiger partial charge in [-0.25, -0.2) is 4.39 Å². The summed E-state index contributed by atoms with van der Waals surface area (Å²) in [6.45, 7) is 4.27. The van der Waals surface area contributed by atoms with E-state index < -0.39 is 22.9 Å². The van der Waals surface area contributed by atoms with E-state index in [1.165, 1.54) is 52.9 Å². The quantitative estimate of drug-likeness (QED) is 0.0865. The largest absolute Gasteiger partial charge is 0.321 e. The lowest BCUT2D eigenvalue weighted by atomic mass is 10.0. The number of carbonyl (C=O) groups excluding carboxylic acids is 3. The Balaban J connectivity index is 1.15. The lowest BCUT2D eigenvalue weighted by Crippen LogP contribution is -2.30. The number of rotatable bonds is 12. The number of halogens is 2. The Bertz CT molecular complexity index is 2180. The molecule has 1 aliphatic heterocycles. The number of hydrogen-bond donors (Lipinski definition) is 3. The van der Waals surface area contributed by atoms with Crippen molar-refractivity contribution in [1.82, 2.24) is 10.2 Å². The van der Waals surface area contributed by atoms with Crippen molar-refractivity contribution in [1.29, 1.82) is 5.26 Å². The Labute approximate surface area is 320 Å². The van der Waals surface area contributed by atoms with Gasteiger partial charge in [0.15, 0.2) is 0 Å². The molecule has 6 rings (SSSR count). The number of hydrogen-bond acceptors (Lipinski definition) is 7. The summed E-state index contributed by atoms with van der Waals surface area (Å²) >= 11 is 9.04. The predicted molar refractivity (Wildman–Crippen MR) is 210 cm³/mol. The van der Waals surface area contributed by atoms with Gasteiger partial charge in [-0.3, -0.25) is 19.3 Å². The first kappa shape index (κ1) is 37.5. The zero-order valence-corrected chi connectivity index (χ0v) is 31.1. The molecule has 53 heavy (non-hydrogen) atoms. The van der Waals surface area contributed by atoms with Crippen molar-refractivity contribution in [2.75, 3.05) is 17.2 Å². The van der Waals surface area contributed by atoms with E-state index in [4.69, 9.17) is 11.6 Å². The van der Waals surface area contributed by atoms with Crippen LogP contribution in [-0.4, -0.2) is 34.4 Å². The minimum atomic E-state index is -0.700. The number of amides is 3. The number of nitriles is 1. The minimum Gasteiger partial charge on any atom is -0.321 e. The molecule has 12 heteroatoms. The Kier molecular flexibility index (Phi) is 12.4. The second kappa shape index (κ2) is 17.5. The molecule has 1 aromatic heterocycles. The maximum absolute atomic E-state index is 14.7. The molecule has 0 bridgehead atoms. The van der Waals surface area contributed by atoms with Crippen LogP contribution in [0, 0.1) is 17.1 Å². The number of fused-ring (bicyclic) bond motifs is 1. The Morgan fingerprint density at radius 3 is 2.45 bits per heavy atom. The molecule has 5 aromatic rings. The maximum atomic E-state index is 14.7. The van der Waals surface area contributed by atoms with Gasteiger partial charge in [0.25, 0.3) is 11.8 Å². The van der Waals surface area contributed by atoms with Crippen molar-refractivity contribution in [3.05, 3.63) is 152 Å². The number of thiophene rings is 1. The molecule has 3 amide bonds. The van der Waals surface area contributed by atoms with Crippen LogP contribution >= 0.6 is 34.7 Å². The highest BCUT2D eigenvalue weighted by molar-refractivity contribution is 8.00. The monoisotopic (exact) mass is 763 g/mol. The number of anilines is 2. The van der Waals surface area contributed by atoms with E-state index >= 15 is 0 Å². The van der Waals surface area contributed by atoms with Crippen LogP contribution in [0.25, 0.3) is 6.08 Å². The van der Waals surface area contributed by atoms with Crippen molar-refractivity contribution >= 4 is 69.2 Å². The highest BCUT2D eigenvalue weighted by Gasteiger charge is 2.27. The molecule has 0 spiro atoms. The van der Waals surface area contributed by atoms with Crippen molar-refractivity contribution in [3.63, 3.8) is 0 Å². The highest BCUT2D eigenvalue weighted by Crippen LogP contribution is 2.38. The van der Waals surface area contributed by atoms with E-state index in [9.17, 15) is 24.0 Å². The van der Waals surface area contributed by atoms with Crippen molar-refractivity contribution in [3.8, 4) is 6.07 Å². The number of nitrogens with one attached hydrogen (secondary N) is 3. The van der Waals surface area contributed by atoms with Crippen LogP contribution in [0.4, 0.5) is 15.1 Å². The van der Waals surface area contributed by atoms with Crippen LogP contribution in [0.3, 0.4) is 0 Å². The van der Waals surface area contributed by atoms with Gasteiger partial charge in [0.2, 0.25) is 5.91 Å². The van der Waals surface area contributed by atoms with Gasteiger partial charge >= 0.3 is 0 Å². The van der Waals surface area contributed by atoms with Crippen LogP contribution in [-0.2, 0) is 29.1 Å². The number of thioether (sulfide) groups is 1.